The van der Waals surface area contributed by atoms with Crippen LogP contribution in [0.2, 0.25) is 0 Å². The van der Waals surface area contributed by atoms with Crippen molar-refractivity contribution in [2.75, 3.05) is 16.8 Å². The van der Waals surface area contributed by atoms with E-state index in [-0.39, 0.29) is 11.8 Å². The van der Waals surface area contributed by atoms with Crippen LogP contribution in [0.3, 0.4) is 0 Å². The number of anilines is 3. The van der Waals surface area contributed by atoms with Crippen LogP contribution < -0.4 is 10.2 Å². The highest BCUT2D eigenvalue weighted by Crippen LogP contribution is 2.35. The van der Waals surface area contributed by atoms with E-state index in [0.717, 1.165) is 21.4 Å². The van der Waals surface area contributed by atoms with Crippen molar-refractivity contribution >= 4 is 44.8 Å². The number of fused-ring (bicyclic) bond motifs is 1. The van der Waals surface area contributed by atoms with Crippen LogP contribution in [0.4, 0.5) is 27.5 Å². The second-order valence-corrected chi connectivity index (χ2v) is 8.18. The van der Waals surface area contributed by atoms with Gasteiger partial charge < -0.3 is 10.1 Å². The second kappa shape index (κ2) is 7.19. The van der Waals surface area contributed by atoms with Crippen LogP contribution >= 0.6 is 15.9 Å². The summed E-state index contributed by atoms with van der Waals surface area (Å²) >= 11 is 3.34. The Morgan fingerprint density at radius 1 is 1.26 bits per heavy atom. The van der Waals surface area contributed by atoms with Crippen LogP contribution in [-0.2, 0) is 11.2 Å². The Labute approximate surface area is 165 Å². The molecule has 0 fully saturated rings. The van der Waals surface area contributed by atoms with Gasteiger partial charge in [0.2, 0.25) is 0 Å². The number of hydrogen-bond donors (Lipinski definition) is 1. The predicted octanol–water partition coefficient (Wildman–Crippen LogP) is 5.40. The Morgan fingerprint density at radius 2 is 2.00 bits per heavy atom. The summed E-state index contributed by atoms with van der Waals surface area (Å²) in [7, 11) is 0. The fourth-order valence-electron chi connectivity index (χ4n) is 2.91. The van der Waals surface area contributed by atoms with Crippen molar-refractivity contribution in [1.82, 2.24) is 0 Å². The maximum atomic E-state index is 12.4. The first-order valence-electron chi connectivity index (χ1n) is 8.48. The Kier molecular flexibility index (Phi) is 5.10. The molecule has 0 saturated heterocycles. The third kappa shape index (κ3) is 4.39. The standard InChI is InChI=1S/C19H20BrN3O4/c1-19(2,3)27-18(24)22-9-8-12-10-14(5-7-16(12)22)21-15-11-13(20)4-6-17(15)23(25)26/h4-7,10-11,21H,8-9H2,1-3H3. The third-order valence-corrected chi connectivity index (χ3v) is 4.52. The number of amides is 1. The normalized spacial score (nSPS) is 13.3. The van der Waals surface area contributed by atoms with Gasteiger partial charge in [-0.3, -0.25) is 15.0 Å². The number of benzene rings is 2. The highest BCUT2D eigenvalue weighted by atomic mass is 79.9. The fraction of sp³-hybridized carbons (Fsp3) is 0.316. The molecule has 1 aliphatic rings. The molecule has 2 aromatic carbocycles. The average molecular weight is 434 g/mol. The summed E-state index contributed by atoms with van der Waals surface area (Å²) in [5.74, 6) is 0. The van der Waals surface area contributed by atoms with E-state index in [2.05, 4.69) is 21.2 Å². The van der Waals surface area contributed by atoms with Gasteiger partial charge in [0.15, 0.2) is 0 Å². The fourth-order valence-corrected chi connectivity index (χ4v) is 3.27. The monoisotopic (exact) mass is 433 g/mol. The molecule has 1 N–H and O–H groups in total. The molecule has 0 unspecified atom stereocenters. The SMILES string of the molecule is CC(C)(C)OC(=O)N1CCc2cc(Nc3cc(Br)ccc3[N+](=O)[O-])ccc21. The summed E-state index contributed by atoms with van der Waals surface area (Å²) in [6.07, 6.45) is 0.328. The summed E-state index contributed by atoms with van der Waals surface area (Å²) < 4.78 is 6.19. The predicted molar refractivity (Wildman–Crippen MR) is 108 cm³/mol. The summed E-state index contributed by atoms with van der Waals surface area (Å²) in [6.45, 7) is 6.05. The number of carbonyl (C=O) groups is 1. The van der Waals surface area contributed by atoms with Crippen LogP contribution in [0.15, 0.2) is 40.9 Å². The molecule has 0 atom stereocenters. The van der Waals surface area contributed by atoms with Gasteiger partial charge in [0.05, 0.1) is 10.6 Å². The van der Waals surface area contributed by atoms with Gasteiger partial charge in [0, 0.05) is 22.8 Å². The van der Waals surface area contributed by atoms with Gasteiger partial charge >= 0.3 is 6.09 Å². The van der Waals surface area contributed by atoms with Crippen molar-refractivity contribution in [3.63, 3.8) is 0 Å². The first-order chi connectivity index (χ1) is 12.6. The van der Waals surface area contributed by atoms with E-state index in [4.69, 9.17) is 4.74 Å². The number of nitrogens with zero attached hydrogens (tertiary/aromatic N) is 2. The number of nitro benzene ring substituents is 1. The van der Waals surface area contributed by atoms with Gasteiger partial charge in [0.25, 0.3) is 5.69 Å². The van der Waals surface area contributed by atoms with Crippen molar-refractivity contribution in [3.8, 4) is 0 Å². The minimum absolute atomic E-state index is 0.00548. The van der Waals surface area contributed by atoms with E-state index in [1.807, 2.05) is 32.9 Å². The van der Waals surface area contributed by atoms with Gasteiger partial charge in [-0.2, -0.15) is 0 Å². The largest absolute Gasteiger partial charge is 0.443 e. The minimum Gasteiger partial charge on any atom is -0.443 e. The molecule has 1 heterocycles. The van der Waals surface area contributed by atoms with Crippen molar-refractivity contribution < 1.29 is 14.5 Å². The lowest BCUT2D eigenvalue weighted by Gasteiger charge is -2.24. The highest BCUT2D eigenvalue weighted by molar-refractivity contribution is 9.10. The van der Waals surface area contributed by atoms with Crippen LogP contribution in [-0.4, -0.2) is 23.2 Å². The molecule has 1 amide bonds. The Hall–Kier alpha value is -2.61. The number of rotatable bonds is 3. The molecule has 3 rings (SSSR count). The molecule has 2 aromatic rings. The van der Waals surface area contributed by atoms with E-state index >= 15 is 0 Å². The van der Waals surface area contributed by atoms with Crippen molar-refractivity contribution in [3.05, 3.63) is 56.5 Å². The molecule has 7 nitrogen and oxygen atoms in total. The zero-order chi connectivity index (χ0) is 19.8. The van der Waals surface area contributed by atoms with Gasteiger partial charge in [-0.05, 0) is 63.1 Å². The Morgan fingerprint density at radius 3 is 2.67 bits per heavy atom. The maximum Gasteiger partial charge on any atom is 0.414 e. The third-order valence-electron chi connectivity index (χ3n) is 4.02. The van der Waals surface area contributed by atoms with Crippen molar-refractivity contribution in [2.24, 2.45) is 0 Å². The molecule has 0 bridgehead atoms. The Balaban J connectivity index is 1.84. The minimum atomic E-state index is -0.555. The van der Waals surface area contributed by atoms with Crippen molar-refractivity contribution in [2.45, 2.75) is 32.8 Å². The van der Waals surface area contributed by atoms with Gasteiger partial charge in [-0.25, -0.2) is 4.79 Å². The van der Waals surface area contributed by atoms with Crippen LogP contribution in [0.1, 0.15) is 26.3 Å². The zero-order valence-electron chi connectivity index (χ0n) is 15.3. The molecule has 0 radical (unpaired) electrons. The average Bonchev–Trinajstić information content (AvgIpc) is 2.96. The summed E-state index contributed by atoms with van der Waals surface area (Å²) in [6, 6.07) is 10.3. The smallest absolute Gasteiger partial charge is 0.414 e. The van der Waals surface area contributed by atoms with Gasteiger partial charge in [-0.1, -0.05) is 15.9 Å². The molecule has 8 heteroatoms. The molecule has 142 valence electrons. The molecule has 27 heavy (non-hydrogen) atoms. The number of nitro groups is 1. The highest BCUT2D eigenvalue weighted by Gasteiger charge is 2.29. The number of nitrogens with one attached hydrogen (secondary N) is 1. The number of ether oxygens (including phenoxy) is 1. The molecular weight excluding hydrogens is 414 g/mol. The molecule has 0 aliphatic carbocycles. The van der Waals surface area contributed by atoms with Gasteiger partial charge in [-0.15, -0.1) is 0 Å². The van der Waals surface area contributed by atoms with E-state index in [1.54, 1.807) is 23.1 Å². The van der Waals surface area contributed by atoms with E-state index in [1.165, 1.54) is 6.07 Å². The molecule has 0 aromatic heterocycles. The first kappa shape index (κ1) is 19.2. The lowest BCUT2D eigenvalue weighted by Crippen LogP contribution is -2.35. The molecule has 1 aliphatic heterocycles. The molecular formula is C19H20BrN3O4. The summed E-state index contributed by atoms with van der Waals surface area (Å²) in [4.78, 5) is 24.8. The first-order valence-corrected chi connectivity index (χ1v) is 9.28. The molecule has 0 saturated carbocycles. The lowest BCUT2D eigenvalue weighted by molar-refractivity contribution is -0.383. The number of hydrogen-bond acceptors (Lipinski definition) is 5. The topological polar surface area (TPSA) is 84.7 Å². The van der Waals surface area contributed by atoms with Crippen LogP contribution in [0.5, 0.6) is 0 Å². The summed E-state index contributed by atoms with van der Waals surface area (Å²) in [5.41, 5.74) is 2.36. The van der Waals surface area contributed by atoms with E-state index in [0.29, 0.717) is 18.7 Å². The van der Waals surface area contributed by atoms with Crippen molar-refractivity contribution in [1.29, 1.82) is 0 Å². The second-order valence-electron chi connectivity index (χ2n) is 7.27. The number of carbonyl (C=O) groups excluding carboxylic acids is 1. The van der Waals surface area contributed by atoms with Crippen LogP contribution in [0.25, 0.3) is 0 Å². The quantitative estimate of drug-likeness (QED) is 0.517. The molecule has 0 spiro atoms. The van der Waals surface area contributed by atoms with Gasteiger partial charge in [0.1, 0.15) is 11.3 Å². The maximum absolute atomic E-state index is 12.4. The number of halogens is 1. The summed E-state index contributed by atoms with van der Waals surface area (Å²) in [5, 5.41) is 14.3. The van der Waals surface area contributed by atoms with E-state index < -0.39 is 10.5 Å². The lowest BCUT2D eigenvalue weighted by atomic mass is 10.1. The zero-order valence-corrected chi connectivity index (χ0v) is 16.9. The Bertz CT molecular complexity index is 908. The van der Waals surface area contributed by atoms with Crippen LogP contribution in [0, 0.1) is 10.1 Å². The van der Waals surface area contributed by atoms with E-state index in [9.17, 15) is 14.9 Å².